The number of nitrogens with two attached hydrogens (primary N) is 1. The first-order valence-electron chi connectivity index (χ1n) is 7.61. The van der Waals surface area contributed by atoms with Crippen molar-refractivity contribution in [2.45, 2.75) is 52.9 Å². The van der Waals surface area contributed by atoms with Gasteiger partial charge in [-0.3, -0.25) is 4.79 Å². The van der Waals surface area contributed by atoms with E-state index in [9.17, 15) is 4.79 Å². The Labute approximate surface area is 112 Å². The van der Waals surface area contributed by atoms with Crippen molar-refractivity contribution in [2.24, 2.45) is 23.5 Å². The summed E-state index contributed by atoms with van der Waals surface area (Å²) < 4.78 is 0. The third kappa shape index (κ3) is 4.27. The molecule has 0 heterocycles. The highest BCUT2D eigenvalue weighted by atomic mass is 16.2. The third-order valence-corrected chi connectivity index (χ3v) is 4.39. The minimum Gasteiger partial charge on any atom is -0.342 e. The number of amides is 1. The van der Waals surface area contributed by atoms with Gasteiger partial charge in [0, 0.05) is 19.0 Å². The molecule has 3 nitrogen and oxygen atoms in total. The van der Waals surface area contributed by atoms with Gasteiger partial charge >= 0.3 is 0 Å². The van der Waals surface area contributed by atoms with Crippen LogP contribution in [0.2, 0.25) is 0 Å². The molecular formula is C15H30N2O. The molecule has 2 N–H and O–H groups in total. The van der Waals surface area contributed by atoms with Crippen LogP contribution in [0.3, 0.4) is 0 Å². The summed E-state index contributed by atoms with van der Waals surface area (Å²) in [5, 5.41) is 0. The molecule has 0 aromatic heterocycles. The zero-order valence-electron chi connectivity index (χ0n) is 12.3. The van der Waals surface area contributed by atoms with E-state index in [4.69, 9.17) is 5.73 Å². The van der Waals surface area contributed by atoms with Crippen molar-refractivity contribution in [1.82, 2.24) is 4.90 Å². The summed E-state index contributed by atoms with van der Waals surface area (Å²) in [5.74, 6) is 1.77. The van der Waals surface area contributed by atoms with Gasteiger partial charge < -0.3 is 10.6 Å². The fraction of sp³-hybridized carbons (Fsp3) is 0.933. The van der Waals surface area contributed by atoms with E-state index in [0.717, 1.165) is 38.9 Å². The minimum atomic E-state index is 0.233. The van der Waals surface area contributed by atoms with Crippen molar-refractivity contribution in [3.63, 3.8) is 0 Å². The van der Waals surface area contributed by atoms with E-state index in [2.05, 4.69) is 25.7 Å². The lowest BCUT2D eigenvalue weighted by Gasteiger charge is -2.33. The monoisotopic (exact) mass is 254 g/mol. The first-order valence-corrected chi connectivity index (χ1v) is 7.61. The van der Waals surface area contributed by atoms with Gasteiger partial charge in [-0.1, -0.05) is 26.7 Å². The van der Waals surface area contributed by atoms with Gasteiger partial charge in [-0.05, 0) is 44.6 Å². The molecule has 1 aliphatic rings. The highest BCUT2D eigenvalue weighted by Gasteiger charge is 2.29. The van der Waals surface area contributed by atoms with Gasteiger partial charge in [0.2, 0.25) is 5.91 Å². The maximum atomic E-state index is 12.5. The molecule has 1 amide bonds. The minimum absolute atomic E-state index is 0.233. The topological polar surface area (TPSA) is 46.3 Å². The van der Waals surface area contributed by atoms with Gasteiger partial charge in [0.1, 0.15) is 0 Å². The molecule has 3 unspecified atom stereocenters. The predicted octanol–water partition coefficient (Wildman–Crippen LogP) is 2.65. The molecule has 0 aromatic rings. The molecule has 3 atom stereocenters. The Morgan fingerprint density at radius 1 is 1.39 bits per heavy atom. The molecule has 0 saturated heterocycles. The highest BCUT2D eigenvalue weighted by molar-refractivity contribution is 5.79. The van der Waals surface area contributed by atoms with Gasteiger partial charge in [0.15, 0.2) is 0 Å². The molecule has 1 rings (SSSR count). The molecule has 1 fully saturated rings. The maximum Gasteiger partial charge on any atom is 0.225 e. The number of rotatable bonds is 6. The average molecular weight is 254 g/mol. The number of nitrogens with zero attached hydrogens (tertiary/aromatic N) is 1. The van der Waals surface area contributed by atoms with Crippen LogP contribution in [-0.2, 0) is 4.79 Å². The Morgan fingerprint density at radius 2 is 2.11 bits per heavy atom. The predicted molar refractivity (Wildman–Crippen MR) is 76.2 cm³/mol. The lowest BCUT2D eigenvalue weighted by molar-refractivity contribution is -0.137. The van der Waals surface area contributed by atoms with Gasteiger partial charge in [0.25, 0.3) is 0 Å². The van der Waals surface area contributed by atoms with Crippen molar-refractivity contribution < 1.29 is 4.79 Å². The van der Waals surface area contributed by atoms with E-state index in [1.807, 2.05) is 0 Å². The zero-order valence-corrected chi connectivity index (χ0v) is 12.3. The van der Waals surface area contributed by atoms with E-state index in [1.54, 1.807) is 0 Å². The Bertz CT molecular complexity index is 249. The molecule has 3 heteroatoms. The highest BCUT2D eigenvalue weighted by Crippen LogP contribution is 2.29. The summed E-state index contributed by atoms with van der Waals surface area (Å²) in [6.45, 7) is 8.99. The van der Waals surface area contributed by atoms with Crippen LogP contribution in [0.5, 0.6) is 0 Å². The van der Waals surface area contributed by atoms with Crippen molar-refractivity contribution >= 4 is 5.91 Å². The van der Waals surface area contributed by atoms with E-state index in [1.165, 1.54) is 12.8 Å². The fourth-order valence-electron chi connectivity index (χ4n) is 2.87. The van der Waals surface area contributed by atoms with Crippen LogP contribution in [-0.4, -0.2) is 30.4 Å². The SMILES string of the molecule is CCC(C)CN(CC)C(=O)C1CCCC(CN)C1. The molecule has 0 spiro atoms. The molecule has 106 valence electrons. The van der Waals surface area contributed by atoms with Gasteiger partial charge in [0.05, 0.1) is 0 Å². The molecule has 0 aliphatic heterocycles. The molecule has 18 heavy (non-hydrogen) atoms. The van der Waals surface area contributed by atoms with Gasteiger partial charge in [-0.15, -0.1) is 0 Å². The average Bonchev–Trinajstić information content (AvgIpc) is 2.43. The van der Waals surface area contributed by atoms with Crippen LogP contribution in [0.1, 0.15) is 52.9 Å². The Balaban J connectivity index is 2.54. The smallest absolute Gasteiger partial charge is 0.225 e. The zero-order chi connectivity index (χ0) is 13.5. The summed E-state index contributed by atoms with van der Waals surface area (Å²) in [6.07, 6.45) is 5.58. The quantitative estimate of drug-likeness (QED) is 0.792. The second-order valence-corrected chi connectivity index (χ2v) is 5.86. The lowest BCUT2D eigenvalue weighted by atomic mass is 9.80. The molecular weight excluding hydrogens is 224 g/mol. The molecule has 0 radical (unpaired) electrons. The van der Waals surface area contributed by atoms with E-state index in [-0.39, 0.29) is 5.92 Å². The van der Waals surface area contributed by atoms with Crippen LogP contribution in [0, 0.1) is 17.8 Å². The van der Waals surface area contributed by atoms with Crippen LogP contribution in [0.15, 0.2) is 0 Å². The number of carbonyl (C=O) groups is 1. The number of hydrogen-bond donors (Lipinski definition) is 1. The summed E-state index contributed by atoms with van der Waals surface area (Å²) in [4.78, 5) is 14.6. The number of hydrogen-bond acceptors (Lipinski definition) is 2. The van der Waals surface area contributed by atoms with E-state index < -0.39 is 0 Å². The summed E-state index contributed by atoms with van der Waals surface area (Å²) in [7, 11) is 0. The van der Waals surface area contributed by atoms with Crippen LogP contribution in [0.4, 0.5) is 0 Å². The largest absolute Gasteiger partial charge is 0.342 e. The van der Waals surface area contributed by atoms with Crippen molar-refractivity contribution in [2.75, 3.05) is 19.6 Å². The Morgan fingerprint density at radius 3 is 2.67 bits per heavy atom. The first-order chi connectivity index (χ1) is 8.62. The van der Waals surface area contributed by atoms with Crippen molar-refractivity contribution in [3.05, 3.63) is 0 Å². The second kappa shape index (κ2) is 7.78. The lowest BCUT2D eigenvalue weighted by Crippen LogP contribution is -2.41. The van der Waals surface area contributed by atoms with Crippen LogP contribution >= 0.6 is 0 Å². The van der Waals surface area contributed by atoms with Crippen LogP contribution in [0.25, 0.3) is 0 Å². The molecule has 0 bridgehead atoms. The fourth-order valence-corrected chi connectivity index (χ4v) is 2.87. The van der Waals surface area contributed by atoms with E-state index in [0.29, 0.717) is 17.7 Å². The molecule has 1 saturated carbocycles. The summed E-state index contributed by atoms with van der Waals surface area (Å²) in [5.41, 5.74) is 5.75. The van der Waals surface area contributed by atoms with Gasteiger partial charge in [-0.25, -0.2) is 0 Å². The Hall–Kier alpha value is -0.570. The third-order valence-electron chi connectivity index (χ3n) is 4.39. The number of carbonyl (C=O) groups excluding carboxylic acids is 1. The Kier molecular flexibility index (Phi) is 6.69. The summed E-state index contributed by atoms with van der Waals surface area (Å²) >= 11 is 0. The van der Waals surface area contributed by atoms with Gasteiger partial charge in [-0.2, -0.15) is 0 Å². The second-order valence-electron chi connectivity index (χ2n) is 5.86. The van der Waals surface area contributed by atoms with Crippen LogP contribution < -0.4 is 5.73 Å². The van der Waals surface area contributed by atoms with Crippen molar-refractivity contribution in [1.29, 1.82) is 0 Å². The van der Waals surface area contributed by atoms with Crippen molar-refractivity contribution in [3.8, 4) is 0 Å². The summed E-state index contributed by atoms with van der Waals surface area (Å²) in [6, 6.07) is 0. The molecule has 0 aromatic carbocycles. The molecule has 1 aliphatic carbocycles. The normalized spacial score (nSPS) is 25.8. The maximum absolute atomic E-state index is 12.5. The van der Waals surface area contributed by atoms with E-state index >= 15 is 0 Å². The first kappa shape index (κ1) is 15.5. The standard InChI is InChI=1S/C15H30N2O/c1-4-12(3)11-17(5-2)15(18)14-8-6-7-13(9-14)10-16/h12-14H,4-11,16H2,1-3H3.